The molecule has 1 aliphatic rings. The van der Waals surface area contributed by atoms with Gasteiger partial charge in [-0.05, 0) is 24.5 Å². The number of rotatable bonds is 1. The van der Waals surface area contributed by atoms with Gasteiger partial charge in [-0.2, -0.15) is 0 Å². The van der Waals surface area contributed by atoms with E-state index in [1.165, 1.54) is 4.90 Å². The molecule has 0 aromatic heterocycles. The van der Waals surface area contributed by atoms with E-state index in [0.29, 0.717) is 13.0 Å². The van der Waals surface area contributed by atoms with Crippen molar-refractivity contribution in [1.29, 1.82) is 0 Å². The predicted molar refractivity (Wildman–Crippen MR) is 67.1 cm³/mol. The highest BCUT2D eigenvalue weighted by atomic mass is 35.5. The van der Waals surface area contributed by atoms with Gasteiger partial charge in [-0.15, -0.1) is 0 Å². The van der Waals surface area contributed by atoms with E-state index in [0.717, 1.165) is 12.1 Å². The van der Waals surface area contributed by atoms with E-state index in [1.807, 2.05) is 6.92 Å². The summed E-state index contributed by atoms with van der Waals surface area (Å²) < 4.78 is 26.8. The molecule has 0 bridgehead atoms. The van der Waals surface area contributed by atoms with E-state index in [-0.39, 0.29) is 18.0 Å². The number of hydrogen-bond acceptors (Lipinski definition) is 2. The van der Waals surface area contributed by atoms with Crippen LogP contribution in [0.25, 0.3) is 0 Å². The number of β-amino-alcohol motifs (C(OH)–C–C–N with tert-alkyl or cyclic N) is 1. The first-order valence-corrected chi connectivity index (χ1v) is 6.40. The van der Waals surface area contributed by atoms with Crippen molar-refractivity contribution < 1.29 is 18.7 Å². The van der Waals surface area contributed by atoms with Crippen LogP contribution in [0, 0.1) is 17.6 Å². The zero-order valence-electron chi connectivity index (χ0n) is 10.4. The summed E-state index contributed by atoms with van der Waals surface area (Å²) in [6.45, 7) is 2.47. The Morgan fingerprint density at radius 1 is 1.47 bits per heavy atom. The molecule has 0 saturated carbocycles. The van der Waals surface area contributed by atoms with Crippen LogP contribution in [0.1, 0.15) is 23.7 Å². The molecule has 0 radical (unpaired) electrons. The predicted octanol–water partition coefficient (Wildman–Crippen LogP) is 2.46. The summed E-state index contributed by atoms with van der Waals surface area (Å²) in [7, 11) is 0. The molecule has 1 heterocycles. The molecule has 104 valence electrons. The van der Waals surface area contributed by atoms with Crippen LogP contribution in [0.5, 0.6) is 0 Å². The summed E-state index contributed by atoms with van der Waals surface area (Å²) in [6.07, 6.45) is 0.0142. The Balaban J connectivity index is 2.23. The molecule has 1 amide bonds. The van der Waals surface area contributed by atoms with Crippen molar-refractivity contribution in [3.8, 4) is 0 Å². The van der Waals surface area contributed by atoms with Crippen LogP contribution >= 0.6 is 11.6 Å². The number of carbonyl (C=O) groups excluding carboxylic acids is 1. The lowest BCUT2D eigenvalue weighted by molar-refractivity contribution is 0.0246. The summed E-state index contributed by atoms with van der Waals surface area (Å²) >= 11 is 5.45. The Labute approximate surface area is 114 Å². The van der Waals surface area contributed by atoms with Gasteiger partial charge in [0.1, 0.15) is 10.8 Å². The van der Waals surface area contributed by atoms with E-state index in [2.05, 4.69) is 0 Å². The first kappa shape index (κ1) is 14.2. The Morgan fingerprint density at radius 2 is 2.16 bits per heavy atom. The largest absolute Gasteiger partial charge is 0.391 e. The second kappa shape index (κ2) is 5.43. The van der Waals surface area contributed by atoms with Gasteiger partial charge in [-0.3, -0.25) is 4.79 Å². The Morgan fingerprint density at radius 3 is 2.79 bits per heavy atom. The SMILES string of the molecule is C[C@@H]1CCN(C(=O)c2ccc(F)c(Cl)c2F)C[C@H]1O. The molecule has 0 aliphatic carbocycles. The molecule has 2 rings (SSSR count). The summed E-state index contributed by atoms with van der Waals surface area (Å²) in [5, 5.41) is 9.05. The molecule has 19 heavy (non-hydrogen) atoms. The molecule has 1 fully saturated rings. The molecule has 1 aromatic rings. The van der Waals surface area contributed by atoms with Gasteiger partial charge in [0, 0.05) is 13.1 Å². The first-order valence-electron chi connectivity index (χ1n) is 6.02. The van der Waals surface area contributed by atoms with Crippen LogP contribution in [0.3, 0.4) is 0 Å². The standard InChI is InChI=1S/C13H14ClF2NO2/c1-7-4-5-17(6-10(7)18)13(19)8-2-3-9(15)11(14)12(8)16/h2-3,7,10,18H,4-6H2,1H3/t7-,10-/m1/s1. The Bertz CT molecular complexity index is 510. The van der Waals surface area contributed by atoms with Gasteiger partial charge in [0.2, 0.25) is 0 Å². The van der Waals surface area contributed by atoms with Crippen LogP contribution in [-0.2, 0) is 0 Å². The lowest BCUT2D eigenvalue weighted by Gasteiger charge is -2.34. The van der Waals surface area contributed by atoms with E-state index >= 15 is 0 Å². The summed E-state index contributed by atoms with van der Waals surface area (Å²) in [4.78, 5) is 13.5. The quantitative estimate of drug-likeness (QED) is 0.807. The molecule has 0 spiro atoms. The fraction of sp³-hybridized carbons (Fsp3) is 0.462. The second-order valence-corrected chi connectivity index (χ2v) is 5.19. The zero-order valence-corrected chi connectivity index (χ0v) is 11.1. The van der Waals surface area contributed by atoms with Crippen molar-refractivity contribution >= 4 is 17.5 Å². The first-order chi connectivity index (χ1) is 8.91. The molecule has 0 unspecified atom stereocenters. The van der Waals surface area contributed by atoms with Crippen molar-refractivity contribution in [1.82, 2.24) is 4.90 Å². The highest BCUT2D eigenvalue weighted by molar-refractivity contribution is 6.31. The van der Waals surface area contributed by atoms with Gasteiger partial charge in [-0.1, -0.05) is 18.5 Å². The number of nitrogens with zero attached hydrogens (tertiary/aromatic N) is 1. The Kier molecular flexibility index (Phi) is 4.06. The third-order valence-corrected chi connectivity index (χ3v) is 3.82. The van der Waals surface area contributed by atoms with E-state index in [4.69, 9.17) is 11.6 Å². The third kappa shape index (κ3) is 2.72. The van der Waals surface area contributed by atoms with Gasteiger partial charge in [-0.25, -0.2) is 8.78 Å². The zero-order chi connectivity index (χ0) is 14.2. The summed E-state index contributed by atoms with van der Waals surface area (Å²) in [5.74, 6) is -2.43. The van der Waals surface area contributed by atoms with Crippen molar-refractivity contribution in [2.75, 3.05) is 13.1 Å². The van der Waals surface area contributed by atoms with Crippen LogP contribution in [0.2, 0.25) is 5.02 Å². The highest BCUT2D eigenvalue weighted by Gasteiger charge is 2.29. The van der Waals surface area contributed by atoms with Crippen LogP contribution < -0.4 is 0 Å². The summed E-state index contributed by atoms with van der Waals surface area (Å²) in [6, 6.07) is 2.03. The number of halogens is 3. The number of hydrogen-bond donors (Lipinski definition) is 1. The van der Waals surface area contributed by atoms with Gasteiger partial charge in [0.05, 0.1) is 11.7 Å². The maximum Gasteiger partial charge on any atom is 0.256 e. The van der Waals surface area contributed by atoms with E-state index in [1.54, 1.807) is 0 Å². The van der Waals surface area contributed by atoms with E-state index < -0.39 is 28.7 Å². The monoisotopic (exact) mass is 289 g/mol. The normalized spacial score (nSPS) is 23.5. The minimum atomic E-state index is -1.06. The number of benzene rings is 1. The number of aliphatic hydroxyl groups is 1. The van der Waals surface area contributed by atoms with Crippen LogP contribution in [0.4, 0.5) is 8.78 Å². The van der Waals surface area contributed by atoms with Gasteiger partial charge in [0.15, 0.2) is 5.82 Å². The fourth-order valence-corrected chi connectivity index (χ4v) is 2.26. The maximum atomic E-state index is 13.8. The molecular formula is C13H14ClF2NO2. The second-order valence-electron chi connectivity index (χ2n) is 4.81. The topological polar surface area (TPSA) is 40.5 Å². The lowest BCUT2D eigenvalue weighted by atomic mass is 9.95. The van der Waals surface area contributed by atoms with Crippen molar-refractivity contribution in [3.05, 3.63) is 34.4 Å². The smallest absolute Gasteiger partial charge is 0.256 e. The molecule has 2 atom stereocenters. The third-order valence-electron chi connectivity index (χ3n) is 3.47. The number of likely N-dealkylation sites (tertiary alicyclic amines) is 1. The van der Waals surface area contributed by atoms with Gasteiger partial charge >= 0.3 is 0 Å². The van der Waals surface area contributed by atoms with E-state index in [9.17, 15) is 18.7 Å². The number of amides is 1. The molecule has 1 saturated heterocycles. The van der Waals surface area contributed by atoms with Crippen molar-refractivity contribution in [2.24, 2.45) is 5.92 Å². The average molecular weight is 290 g/mol. The molecule has 3 nitrogen and oxygen atoms in total. The van der Waals surface area contributed by atoms with Gasteiger partial charge in [0.25, 0.3) is 5.91 Å². The van der Waals surface area contributed by atoms with Crippen LogP contribution in [0.15, 0.2) is 12.1 Å². The minimum absolute atomic E-state index is 0.103. The molecular weight excluding hydrogens is 276 g/mol. The number of aliphatic hydroxyl groups excluding tert-OH is 1. The number of piperidine rings is 1. The molecule has 1 N–H and O–H groups in total. The lowest BCUT2D eigenvalue weighted by Crippen LogP contribution is -2.46. The average Bonchev–Trinajstić information content (AvgIpc) is 2.39. The minimum Gasteiger partial charge on any atom is -0.391 e. The molecule has 1 aliphatic heterocycles. The highest BCUT2D eigenvalue weighted by Crippen LogP contribution is 2.25. The van der Waals surface area contributed by atoms with Crippen molar-refractivity contribution in [2.45, 2.75) is 19.4 Å². The maximum absolute atomic E-state index is 13.8. The van der Waals surface area contributed by atoms with Crippen molar-refractivity contribution in [3.63, 3.8) is 0 Å². The number of carbonyl (C=O) groups is 1. The van der Waals surface area contributed by atoms with Crippen LogP contribution in [-0.4, -0.2) is 35.1 Å². The van der Waals surface area contributed by atoms with Gasteiger partial charge < -0.3 is 10.0 Å². The fourth-order valence-electron chi connectivity index (χ4n) is 2.09. The summed E-state index contributed by atoms with van der Waals surface area (Å²) in [5.41, 5.74) is -0.270. The molecule has 6 heteroatoms. The Hall–Kier alpha value is -1.20. The molecule has 1 aromatic carbocycles.